The average molecular weight is 332 g/mol. The normalized spacial score (nSPS) is 13.4. The van der Waals surface area contributed by atoms with Gasteiger partial charge in [-0.3, -0.25) is 4.98 Å². The lowest BCUT2D eigenvalue weighted by Gasteiger charge is -2.21. The second-order valence-corrected chi connectivity index (χ2v) is 5.61. The average Bonchev–Trinajstić information content (AvgIpc) is 2.37. The molecule has 0 saturated carbocycles. The van der Waals surface area contributed by atoms with Crippen molar-refractivity contribution in [2.24, 2.45) is 5.73 Å². The second kappa shape index (κ2) is 7.84. The van der Waals surface area contributed by atoms with Crippen molar-refractivity contribution in [1.82, 2.24) is 4.98 Å². The molecule has 108 valence electrons. The quantitative estimate of drug-likeness (QED) is 0.897. The molecule has 2 unspecified atom stereocenters. The van der Waals surface area contributed by atoms with E-state index in [-0.39, 0.29) is 24.4 Å². The maximum absolute atomic E-state index is 6.10. The van der Waals surface area contributed by atoms with Gasteiger partial charge in [0.2, 0.25) is 0 Å². The summed E-state index contributed by atoms with van der Waals surface area (Å²) >= 11 is 11.9. The topological polar surface area (TPSA) is 38.9 Å². The van der Waals surface area contributed by atoms with E-state index in [4.69, 9.17) is 28.9 Å². The molecule has 0 bridgehead atoms. The first-order chi connectivity index (χ1) is 9.06. The second-order valence-electron chi connectivity index (χ2n) is 4.73. The zero-order valence-electron chi connectivity index (χ0n) is 11.1. The van der Waals surface area contributed by atoms with E-state index in [0.717, 1.165) is 17.0 Å². The van der Waals surface area contributed by atoms with E-state index in [1.165, 1.54) is 5.56 Å². The number of hydrogen-bond acceptors (Lipinski definition) is 2. The van der Waals surface area contributed by atoms with Crippen LogP contribution in [0.5, 0.6) is 0 Å². The van der Waals surface area contributed by atoms with Crippen molar-refractivity contribution in [1.29, 1.82) is 0 Å². The van der Waals surface area contributed by atoms with E-state index >= 15 is 0 Å². The lowest BCUT2D eigenvalue weighted by Crippen LogP contribution is -2.26. The van der Waals surface area contributed by atoms with Gasteiger partial charge in [0.15, 0.2) is 0 Å². The molecule has 0 amide bonds. The molecular weight excluding hydrogens is 315 g/mol. The minimum atomic E-state index is 0. The summed E-state index contributed by atoms with van der Waals surface area (Å²) < 4.78 is 0. The Morgan fingerprint density at radius 3 is 2.30 bits per heavy atom. The molecule has 0 fully saturated rings. The first kappa shape index (κ1) is 17.3. The van der Waals surface area contributed by atoms with Gasteiger partial charge in [0, 0.05) is 29.4 Å². The fourth-order valence-corrected chi connectivity index (χ4v) is 2.42. The summed E-state index contributed by atoms with van der Waals surface area (Å²) in [6.45, 7) is 2.00. The van der Waals surface area contributed by atoms with Crippen molar-refractivity contribution >= 4 is 35.6 Å². The minimum Gasteiger partial charge on any atom is -0.327 e. The Balaban J connectivity index is 0.00000200. The van der Waals surface area contributed by atoms with E-state index in [2.05, 4.69) is 4.98 Å². The molecule has 5 heteroatoms. The van der Waals surface area contributed by atoms with Gasteiger partial charge in [-0.15, -0.1) is 12.4 Å². The van der Waals surface area contributed by atoms with Crippen molar-refractivity contribution in [2.45, 2.75) is 25.3 Å². The van der Waals surface area contributed by atoms with Gasteiger partial charge in [-0.2, -0.15) is 0 Å². The third kappa shape index (κ3) is 4.64. The zero-order chi connectivity index (χ0) is 13.8. The molecule has 0 aliphatic carbocycles. The Morgan fingerprint density at radius 2 is 1.75 bits per heavy atom. The van der Waals surface area contributed by atoms with Crippen LogP contribution in [0.25, 0.3) is 0 Å². The number of nitrogens with two attached hydrogens (primary N) is 1. The summed E-state index contributed by atoms with van der Waals surface area (Å²) in [4.78, 5) is 4.13. The fourth-order valence-electron chi connectivity index (χ4n) is 2.11. The van der Waals surface area contributed by atoms with E-state index in [1.54, 1.807) is 6.20 Å². The molecule has 2 rings (SSSR count). The summed E-state index contributed by atoms with van der Waals surface area (Å²) in [5.41, 5.74) is 8.37. The highest BCUT2D eigenvalue weighted by Gasteiger charge is 2.17. The van der Waals surface area contributed by atoms with Gasteiger partial charge < -0.3 is 5.73 Å². The van der Waals surface area contributed by atoms with Gasteiger partial charge in [-0.1, -0.05) is 35.3 Å². The number of rotatable bonds is 4. The minimum absolute atomic E-state index is 0. The van der Waals surface area contributed by atoms with Gasteiger partial charge in [-0.25, -0.2) is 0 Å². The summed E-state index contributed by atoms with van der Waals surface area (Å²) in [7, 11) is 0. The Hall–Kier alpha value is -0.800. The van der Waals surface area contributed by atoms with E-state index in [1.807, 2.05) is 43.5 Å². The van der Waals surface area contributed by atoms with E-state index in [0.29, 0.717) is 5.02 Å². The highest BCUT2D eigenvalue weighted by Crippen LogP contribution is 2.25. The van der Waals surface area contributed by atoms with Crippen molar-refractivity contribution in [3.63, 3.8) is 0 Å². The van der Waals surface area contributed by atoms with Crippen molar-refractivity contribution < 1.29 is 0 Å². The van der Waals surface area contributed by atoms with Crippen LogP contribution >= 0.6 is 35.6 Å². The van der Waals surface area contributed by atoms with Crippen LogP contribution in [0, 0.1) is 0 Å². The monoisotopic (exact) mass is 330 g/mol. The zero-order valence-corrected chi connectivity index (χ0v) is 13.4. The van der Waals surface area contributed by atoms with Crippen LogP contribution in [0.4, 0.5) is 0 Å². The summed E-state index contributed by atoms with van der Waals surface area (Å²) in [5, 5.41) is 1.38. The Morgan fingerprint density at radius 1 is 1.10 bits per heavy atom. The summed E-state index contributed by atoms with van der Waals surface area (Å²) in [6, 6.07) is 9.79. The molecule has 0 spiro atoms. The van der Waals surface area contributed by atoms with Crippen molar-refractivity contribution in [2.75, 3.05) is 0 Å². The van der Waals surface area contributed by atoms with Crippen LogP contribution in [0.3, 0.4) is 0 Å². The molecule has 2 nitrogen and oxygen atoms in total. The number of aromatic nitrogens is 1. The predicted molar refractivity (Wildman–Crippen MR) is 88.0 cm³/mol. The molecule has 0 saturated heterocycles. The number of nitrogens with zero attached hydrogens (tertiary/aromatic N) is 1. The lowest BCUT2D eigenvalue weighted by molar-refractivity contribution is 0.563. The van der Waals surface area contributed by atoms with Gasteiger partial charge in [-0.05, 0) is 42.7 Å². The van der Waals surface area contributed by atoms with Crippen LogP contribution in [0.2, 0.25) is 10.0 Å². The molecule has 0 aliphatic rings. The van der Waals surface area contributed by atoms with E-state index < -0.39 is 0 Å². The van der Waals surface area contributed by atoms with Crippen LogP contribution in [-0.2, 0) is 6.42 Å². The molecule has 1 aromatic heterocycles. The maximum atomic E-state index is 6.10. The lowest BCUT2D eigenvalue weighted by atomic mass is 9.88. The maximum Gasteiger partial charge on any atom is 0.0592 e. The van der Waals surface area contributed by atoms with Gasteiger partial charge >= 0.3 is 0 Å². The Labute approximate surface area is 135 Å². The van der Waals surface area contributed by atoms with Gasteiger partial charge in [0.05, 0.1) is 5.02 Å². The molecule has 1 heterocycles. The highest BCUT2D eigenvalue weighted by atomic mass is 35.5. The van der Waals surface area contributed by atoms with Crippen LogP contribution in [-0.4, -0.2) is 11.0 Å². The predicted octanol–water partition coefficient (Wildman–Crippen LogP) is 4.48. The largest absolute Gasteiger partial charge is 0.327 e. The molecule has 2 atom stereocenters. The molecule has 20 heavy (non-hydrogen) atoms. The Kier molecular flexibility index (Phi) is 6.77. The molecular formula is C15H17Cl3N2. The Bertz CT molecular complexity index is 541. The number of halogens is 3. The number of benzene rings is 1. The number of hydrogen-bond donors (Lipinski definition) is 1. The SMILES string of the molecule is CC(N)C(Cc1ccc(Cl)cc1)c1cncc(Cl)c1.Cl. The van der Waals surface area contributed by atoms with Gasteiger partial charge in [0.25, 0.3) is 0 Å². The highest BCUT2D eigenvalue weighted by molar-refractivity contribution is 6.30. The smallest absolute Gasteiger partial charge is 0.0592 e. The third-order valence-electron chi connectivity index (χ3n) is 3.16. The van der Waals surface area contributed by atoms with Gasteiger partial charge in [0.1, 0.15) is 0 Å². The standard InChI is InChI=1S/C15H16Cl2N2.ClH/c1-10(18)15(12-7-14(17)9-19-8-12)6-11-2-4-13(16)5-3-11;/h2-5,7-10,15H,6,18H2,1H3;1H. The molecule has 2 N–H and O–H groups in total. The third-order valence-corrected chi connectivity index (χ3v) is 3.62. The van der Waals surface area contributed by atoms with Crippen LogP contribution in [0.15, 0.2) is 42.7 Å². The van der Waals surface area contributed by atoms with Crippen LogP contribution < -0.4 is 5.73 Å². The first-order valence-corrected chi connectivity index (χ1v) is 6.92. The summed E-state index contributed by atoms with van der Waals surface area (Å²) in [6.07, 6.45) is 4.30. The van der Waals surface area contributed by atoms with E-state index in [9.17, 15) is 0 Å². The van der Waals surface area contributed by atoms with Crippen LogP contribution in [0.1, 0.15) is 24.0 Å². The fraction of sp³-hybridized carbons (Fsp3) is 0.267. The molecule has 0 radical (unpaired) electrons. The molecule has 2 aromatic rings. The first-order valence-electron chi connectivity index (χ1n) is 6.16. The molecule has 1 aromatic carbocycles. The molecule has 0 aliphatic heterocycles. The summed E-state index contributed by atoms with van der Waals surface area (Å²) in [5.74, 6) is 0.187. The van der Waals surface area contributed by atoms with Crippen molar-refractivity contribution in [3.05, 3.63) is 63.9 Å². The van der Waals surface area contributed by atoms with Crippen molar-refractivity contribution in [3.8, 4) is 0 Å². The number of pyridine rings is 1.